The fourth-order valence-electron chi connectivity index (χ4n) is 3.23. The fourth-order valence-corrected chi connectivity index (χ4v) is 3.23. The number of hydrogen-bond donors (Lipinski definition) is 2. The van der Waals surface area contributed by atoms with E-state index in [0.29, 0.717) is 18.6 Å². The molecule has 0 saturated carbocycles. The van der Waals surface area contributed by atoms with Gasteiger partial charge in [-0.3, -0.25) is 0 Å². The summed E-state index contributed by atoms with van der Waals surface area (Å²) in [6.45, 7) is 2.39. The Morgan fingerprint density at radius 1 is 1.32 bits per heavy atom. The molecule has 6 heteroatoms. The predicted octanol–water partition coefficient (Wildman–Crippen LogP) is 1.42. The smallest absolute Gasteiger partial charge is 0.222 e. The van der Waals surface area contributed by atoms with E-state index in [2.05, 4.69) is 20.2 Å². The molecule has 1 aromatic heterocycles. The van der Waals surface area contributed by atoms with Gasteiger partial charge in [-0.15, -0.1) is 0 Å². The van der Waals surface area contributed by atoms with E-state index in [-0.39, 0.29) is 0 Å². The van der Waals surface area contributed by atoms with E-state index < -0.39 is 0 Å². The highest BCUT2D eigenvalue weighted by Gasteiger charge is 2.29. The molecule has 3 N–H and O–H groups in total. The molecule has 0 unspecified atom stereocenters. The third-order valence-corrected chi connectivity index (χ3v) is 4.41. The number of aromatic nitrogens is 2. The van der Waals surface area contributed by atoms with Crippen LogP contribution in [0.15, 0.2) is 24.3 Å². The van der Waals surface area contributed by atoms with Crippen molar-refractivity contribution in [2.24, 2.45) is 0 Å². The van der Waals surface area contributed by atoms with E-state index in [9.17, 15) is 0 Å². The lowest BCUT2D eigenvalue weighted by atomic mass is 10.0. The van der Waals surface area contributed by atoms with Crippen LogP contribution in [0.5, 0.6) is 5.75 Å². The lowest BCUT2D eigenvalue weighted by Crippen LogP contribution is -2.31. The van der Waals surface area contributed by atoms with Crippen LogP contribution in [0.4, 0.5) is 11.8 Å². The second-order valence-corrected chi connectivity index (χ2v) is 5.74. The van der Waals surface area contributed by atoms with E-state index >= 15 is 0 Å². The normalized spacial score (nSPS) is 19.5. The molecule has 1 saturated heterocycles. The second-order valence-electron chi connectivity index (χ2n) is 5.74. The number of nitrogen functional groups attached to an aromatic ring is 1. The molecule has 1 aromatic carbocycles. The van der Waals surface area contributed by atoms with E-state index in [1.807, 2.05) is 31.3 Å². The SMILES string of the molecule is CN[C@@H]1CCN(c2nc(N)nc3c2COc2ccccc2-3)C1. The Labute approximate surface area is 129 Å². The second kappa shape index (κ2) is 5.14. The molecule has 1 fully saturated rings. The third kappa shape index (κ3) is 2.07. The first-order chi connectivity index (χ1) is 10.8. The molecule has 3 heterocycles. The van der Waals surface area contributed by atoms with Crippen LogP contribution < -0.4 is 20.7 Å². The molecule has 22 heavy (non-hydrogen) atoms. The zero-order chi connectivity index (χ0) is 15.1. The Balaban J connectivity index is 1.81. The minimum Gasteiger partial charge on any atom is -0.488 e. The van der Waals surface area contributed by atoms with Crippen molar-refractivity contribution in [2.45, 2.75) is 19.1 Å². The summed E-state index contributed by atoms with van der Waals surface area (Å²) < 4.78 is 5.88. The van der Waals surface area contributed by atoms with Crippen molar-refractivity contribution < 1.29 is 4.74 Å². The number of nitrogens with one attached hydrogen (secondary N) is 1. The van der Waals surface area contributed by atoms with Crippen LogP contribution in [0, 0.1) is 0 Å². The number of likely N-dealkylation sites (N-methyl/N-ethyl adjacent to an activating group) is 1. The van der Waals surface area contributed by atoms with Gasteiger partial charge in [0.2, 0.25) is 5.95 Å². The summed E-state index contributed by atoms with van der Waals surface area (Å²) in [6.07, 6.45) is 1.10. The largest absolute Gasteiger partial charge is 0.488 e. The number of anilines is 2. The van der Waals surface area contributed by atoms with Crippen LogP contribution in [0.2, 0.25) is 0 Å². The van der Waals surface area contributed by atoms with Gasteiger partial charge in [-0.05, 0) is 25.6 Å². The standard InChI is InChI=1S/C16H19N5O/c1-18-10-6-7-21(8-10)15-12-9-22-13-5-3-2-4-11(13)14(12)19-16(17)20-15/h2-5,10,18H,6-9H2,1H3,(H2,17,19,20)/t10-/m1/s1. The minimum atomic E-state index is 0.318. The minimum absolute atomic E-state index is 0.318. The van der Waals surface area contributed by atoms with Gasteiger partial charge in [0, 0.05) is 24.7 Å². The van der Waals surface area contributed by atoms with Gasteiger partial charge in [-0.1, -0.05) is 12.1 Å². The first-order valence-corrected chi connectivity index (χ1v) is 7.57. The van der Waals surface area contributed by atoms with Crippen LogP contribution in [0.1, 0.15) is 12.0 Å². The Kier molecular flexibility index (Phi) is 3.11. The number of benzene rings is 1. The van der Waals surface area contributed by atoms with Crippen molar-refractivity contribution in [3.8, 4) is 17.0 Å². The van der Waals surface area contributed by atoms with Gasteiger partial charge in [0.05, 0.1) is 11.3 Å². The molecule has 2 aliphatic heterocycles. The van der Waals surface area contributed by atoms with Crippen LogP contribution in [0.3, 0.4) is 0 Å². The van der Waals surface area contributed by atoms with Gasteiger partial charge in [-0.2, -0.15) is 4.98 Å². The number of rotatable bonds is 2. The molecule has 0 amide bonds. The van der Waals surface area contributed by atoms with Crippen molar-refractivity contribution >= 4 is 11.8 Å². The summed E-state index contributed by atoms with van der Waals surface area (Å²) in [4.78, 5) is 11.2. The lowest BCUT2D eigenvalue weighted by molar-refractivity contribution is 0.301. The van der Waals surface area contributed by atoms with Crippen molar-refractivity contribution in [3.63, 3.8) is 0 Å². The summed E-state index contributed by atoms with van der Waals surface area (Å²) in [6, 6.07) is 8.42. The molecule has 6 nitrogen and oxygen atoms in total. The molecule has 0 aliphatic carbocycles. The van der Waals surface area contributed by atoms with Crippen LogP contribution >= 0.6 is 0 Å². The summed E-state index contributed by atoms with van der Waals surface area (Å²) in [5, 5.41) is 3.33. The number of nitrogens with zero attached hydrogens (tertiary/aromatic N) is 3. The van der Waals surface area contributed by atoms with Gasteiger partial charge >= 0.3 is 0 Å². The zero-order valence-corrected chi connectivity index (χ0v) is 12.5. The van der Waals surface area contributed by atoms with Crippen molar-refractivity contribution in [3.05, 3.63) is 29.8 Å². The van der Waals surface area contributed by atoms with Crippen LogP contribution in [-0.4, -0.2) is 36.1 Å². The molecule has 114 valence electrons. The Morgan fingerprint density at radius 2 is 2.18 bits per heavy atom. The molecule has 0 bridgehead atoms. The number of fused-ring (bicyclic) bond motifs is 3. The maximum Gasteiger partial charge on any atom is 0.222 e. The number of ether oxygens (including phenoxy) is 1. The topological polar surface area (TPSA) is 76.3 Å². The first-order valence-electron chi connectivity index (χ1n) is 7.57. The summed E-state index contributed by atoms with van der Waals surface area (Å²) >= 11 is 0. The van der Waals surface area contributed by atoms with E-state index in [4.69, 9.17) is 10.5 Å². The number of para-hydroxylation sites is 1. The number of nitrogens with two attached hydrogens (primary N) is 1. The van der Waals surface area contributed by atoms with Gasteiger partial charge in [0.25, 0.3) is 0 Å². The first kappa shape index (κ1) is 13.3. The fraction of sp³-hybridized carbons (Fsp3) is 0.375. The molecule has 4 rings (SSSR count). The van der Waals surface area contributed by atoms with E-state index in [1.165, 1.54) is 0 Å². The summed E-state index contributed by atoms with van der Waals surface area (Å²) in [5.74, 6) is 2.08. The van der Waals surface area contributed by atoms with Crippen molar-refractivity contribution in [1.82, 2.24) is 15.3 Å². The molecule has 0 radical (unpaired) electrons. The molecular formula is C16H19N5O. The third-order valence-electron chi connectivity index (χ3n) is 4.41. The van der Waals surface area contributed by atoms with Gasteiger partial charge in [0.1, 0.15) is 18.2 Å². The molecule has 2 aliphatic rings. The summed E-state index contributed by atoms with van der Waals surface area (Å²) in [5.41, 5.74) is 8.89. The van der Waals surface area contributed by atoms with Crippen molar-refractivity contribution in [1.29, 1.82) is 0 Å². The highest BCUT2D eigenvalue weighted by atomic mass is 16.5. The predicted molar refractivity (Wildman–Crippen MR) is 85.9 cm³/mol. The van der Waals surface area contributed by atoms with Gasteiger partial charge < -0.3 is 20.7 Å². The molecular weight excluding hydrogens is 278 g/mol. The molecule has 2 aromatic rings. The Morgan fingerprint density at radius 3 is 3.00 bits per heavy atom. The Bertz CT molecular complexity index is 718. The molecule has 1 atom stereocenters. The van der Waals surface area contributed by atoms with E-state index in [1.54, 1.807) is 0 Å². The average Bonchev–Trinajstić information content (AvgIpc) is 3.03. The molecule has 0 spiro atoms. The maximum absolute atomic E-state index is 5.97. The number of hydrogen-bond acceptors (Lipinski definition) is 6. The van der Waals surface area contributed by atoms with Crippen molar-refractivity contribution in [2.75, 3.05) is 30.8 Å². The maximum atomic E-state index is 5.97. The highest BCUT2D eigenvalue weighted by Crippen LogP contribution is 2.40. The highest BCUT2D eigenvalue weighted by molar-refractivity contribution is 5.76. The lowest BCUT2D eigenvalue weighted by Gasteiger charge is -2.26. The monoisotopic (exact) mass is 297 g/mol. The zero-order valence-electron chi connectivity index (χ0n) is 12.5. The Hall–Kier alpha value is -2.34. The quantitative estimate of drug-likeness (QED) is 0.873. The average molecular weight is 297 g/mol. The summed E-state index contributed by atoms with van der Waals surface area (Å²) in [7, 11) is 2.00. The van der Waals surface area contributed by atoms with Crippen LogP contribution in [-0.2, 0) is 6.61 Å². The van der Waals surface area contributed by atoms with Gasteiger partial charge in [0.15, 0.2) is 0 Å². The van der Waals surface area contributed by atoms with E-state index in [0.717, 1.165) is 47.9 Å². The van der Waals surface area contributed by atoms with Gasteiger partial charge in [-0.25, -0.2) is 4.98 Å². The van der Waals surface area contributed by atoms with Crippen LogP contribution in [0.25, 0.3) is 11.3 Å².